The number of nitrogens with one attached hydrogen (secondary N) is 1. The van der Waals surface area contributed by atoms with Crippen molar-refractivity contribution >= 4 is 24.0 Å². The van der Waals surface area contributed by atoms with Crippen molar-refractivity contribution in [1.29, 1.82) is 0 Å². The summed E-state index contributed by atoms with van der Waals surface area (Å²) in [6, 6.07) is 6.23. The van der Waals surface area contributed by atoms with Crippen molar-refractivity contribution in [3.63, 3.8) is 0 Å². The van der Waals surface area contributed by atoms with E-state index in [-0.39, 0.29) is 19.4 Å². The Morgan fingerprint density at radius 2 is 1.66 bits per heavy atom. The Kier molecular flexibility index (Phi) is 16.4. The number of aryl methyl sites for hydroxylation is 1. The van der Waals surface area contributed by atoms with Gasteiger partial charge in [-0.3, -0.25) is 4.79 Å². The molecule has 1 saturated heterocycles. The van der Waals surface area contributed by atoms with Crippen LogP contribution in [0.25, 0.3) is 12.2 Å². The van der Waals surface area contributed by atoms with Crippen LogP contribution in [-0.2, 0) is 14.3 Å². The smallest absolute Gasteiger partial charge is 0.329 e. The molecule has 1 amide bonds. The van der Waals surface area contributed by atoms with Crippen LogP contribution in [0, 0.1) is 6.92 Å². The minimum absolute atomic E-state index is 0.199. The molecule has 4 N–H and O–H groups in total. The number of carbonyl (C=O) groups is 2. The molecule has 6 heteroatoms. The number of hydrogen-bond acceptors (Lipinski definition) is 4. The van der Waals surface area contributed by atoms with Gasteiger partial charge in [-0.15, -0.1) is 0 Å². The van der Waals surface area contributed by atoms with E-state index in [1.54, 1.807) is 0 Å². The zero-order valence-corrected chi connectivity index (χ0v) is 18.6. The highest BCUT2D eigenvalue weighted by atomic mass is 16.5. The first-order valence-electron chi connectivity index (χ1n) is 10.1. The minimum atomic E-state index is -1.19. The second-order valence-corrected chi connectivity index (χ2v) is 5.79. The van der Waals surface area contributed by atoms with E-state index in [0.717, 1.165) is 11.1 Å². The monoisotopic (exact) mass is 406 g/mol. The second-order valence-electron chi connectivity index (χ2n) is 5.79. The molecule has 1 aromatic carbocycles. The van der Waals surface area contributed by atoms with Crippen molar-refractivity contribution in [3.8, 4) is 0 Å². The van der Waals surface area contributed by atoms with Crippen LogP contribution in [0.4, 0.5) is 0 Å². The molecule has 0 aliphatic carbocycles. The number of amides is 1. The third-order valence-electron chi connectivity index (χ3n) is 4.00. The average molecular weight is 407 g/mol. The molecule has 0 spiro atoms. The van der Waals surface area contributed by atoms with Gasteiger partial charge in [-0.05, 0) is 18.1 Å². The SMILES string of the molecule is C=Cc1ccc(C)cc1C=C.CC.CC.NCC(=O)NC1(C(=O)O)CCOCC1. The number of nitrogens with two attached hydrogens (primary N) is 1. The molecule has 0 unspecified atom stereocenters. The summed E-state index contributed by atoms with van der Waals surface area (Å²) in [5.74, 6) is -1.48. The molecule has 0 saturated carbocycles. The van der Waals surface area contributed by atoms with Crippen LogP contribution in [0.15, 0.2) is 31.4 Å². The third-order valence-corrected chi connectivity index (χ3v) is 4.00. The van der Waals surface area contributed by atoms with Crippen LogP contribution < -0.4 is 11.1 Å². The molecule has 0 atom stereocenters. The summed E-state index contributed by atoms with van der Waals surface area (Å²) in [5, 5.41) is 11.5. The van der Waals surface area contributed by atoms with Gasteiger partial charge in [0.25, 0.3) is 0 Å². The Labute approximate surface area is 175 Å². The molecule has 0 radical (unpaired) electrons. The maximum Gasteiger partial charge on any atom is 0.329 e. The Hall–Kier alpha value is -2.44. The highest BCUT2D eigenvalue weighted by Gasteiger charge is 2.41. The lowest BCUT2D eigenvalue weighted by molar-refractivity contribution is -0.151. The van der Waals surface area contributed by atoms with Crippen molar-refractivity contribution in [1.82, 2.24) is 5.32 Å². The normalized spacial score (nSPS) is 13.6. The van der Waals surface area contributed by atoms with Gasteiger partial charge in [0.2, 0.25) is 5.91 Å². The molecule has 0 bridgehead atoms. The van der Waals surface area contributed by atoms with Gasteiger partial charge < -0.3 is 20.9 Å². The zero-order valence-electron chi connectivity index (χ0n) is 18.6. The second kappa shape index (κ2) is 16.5. The van der Waals surface area contributed by atoms with E-state index in [9.17, 15) is 9.59 Å². The molecular weight excluding hydrogens is 368 g/mol. The van der Waals surface area contributed by atoms with Gasteiger partial charge in [0.1, 0.15) is 5.54 Å². The number of carbonyl (C=O) groups excluding carboxylic acids is 1. The van der Waals surface area contributed by atoms with Crippen LogP contribution in [0.2, 0.25) is 0 Å². The average Bonchev–Trinajstić information content (AvgIpc) is 2.77. The number of hydrogen-bond donors (Lipinski definition) is 3. The lowest BCUT2D eigenvalue weighted by atomic mass is 9.90. The van der Waals surface area contributed by atoms with Crippen molar-refractivity contribution in [2.75, 3.05) is 19.8 Å². The van der Waals surface area contributed by atoms with Crippen LogP contribution in [-0.4, -0.2) is 42.3 Å². The van der Waals surface area contributed by atoms with Crippen LogP contribution in [0.5, 0.6) is 0 Å². The van der Waals surface area contributed by atoms with Crippen molar-refractivity contribution in [3.05, 3.63) is 48.0 Å². The van der Waals surface area contributed by atoms with E-state index in [1.807, 2.05) is 39.8 Å². The first-order valence-corrected chi connectivity index (χ1v) is 10.1. The summed E-state index contributed by atoms with van der Waals surface area (Å²) in [5.41, 5.74) is 7.48. The fourth-order valence-corrected chi connectivity index (χ4v) is 2.49. The van der Waals surface area contributed by atoms with E-state index in [4.69, 9.17) is 15.6 Å². The standard InChI is InChI=1S/C11H12.C8H14N2O4.2C2H6/c1-4-10-7-6-9(3)8-11(10)5-2;9-5-6(11)10-8(7(12)13)1-3-14-4-2-8;2*1-2/h4-8H,1-2H2,3H3;1-5,9H2,(H,10,11)(H,12,13);2*1-2H3. The maximum atomic E-state index is 11.0. The molecule has 29 heavy (non-hydrogen) atoms. The summed E-state index contributed by atoms with van der Waals surface area (Å²) in [6.07, 6.45) is 4.27. The molecule has 1 heterocycles. The van der Waals surface area contributed by atoms with E-state index in [2.05, 4.69) is 43.6 Å². The van der Waals surface area contributed by atoms with Gasteiger partial charge in [0, 0.05) is 26.1 Å². The minimum Gasteiger partial charge on any atom is -0.480 e. The Morgan fingerprint density at radius 1 is 1.14 bits per heavy atom. The van der Waals surface area contributed by atoms with Crippen LogP contribution in [0.1, 0.15) is 57.2 Å². The number of rotatable bonds is 5. The largest absolute Gasteiger partial charge is 0.480 e. The lowest BCUT2D eigenvalue weighted by Crippen LogP contribution is -2.58. The topological polar surface area (TPSA) is 102 Å². The maximum absolute atomic E-state index is 11.0. The van der Waals surface area contributed by atoms with E-state index < -0.39 is 17.4 Å². The number of benzene rings is 1. The predicted molar refractivity (Wildman–Crippen MR) is 122 cm³/mol. The number of carboxylic acid groups (broad SMARTS) is 1. The van der Waals surface area contributed by atoms with Crippen molar-refractivity contribution in [2.45, 2.75) is 53.0 Å². The van der Waals surface area contributed by atoms with Gasteiger partial charge >= 0.3 is 5.97 Å². The molecular formula is C23H38N2O4. The van der Waals surface area contributed by atoms with Gasteiger partial charge in [0.05, 0.1) is 6.54 Å². The number of aliphatic carboxylic acids is 1. The van der Waals surface area contributed by atoms with Gasteiger partial charge in [0.15, 0.2) is 0 Å². The van der Waals surface area contributed by atoms with Crippen LogP contribution >= 0.6 is 0 Å². The molecule has 2 rings (SSSR count). The fraction of sp³-hybridized carbons (Fsp3) is 0.478. The Balaban J connectivity index is 0. The molecule has 6 nitrogen and oxygen atoms in total. The summed E-state index contributed by atoms with van der Waals surface area (Å²) < 4.78 is 5.04. The number of ether oxygens (including phenoxy) is 1. The number of carboxylic acids is 1. The summed E-state index contributed by atoms with van der Waals surface area (Å²) in [7, 11) is 0. The molecule has 1 aliphatic rings. The first kappa shape index (κ1) is 28.8. The van der Waals surface area contributed by atoms with Gasteiger partial charge in [-0.1, -0.05) is 76.8 Å². The van der Waals surface area contributed by atoms with E-state index in [0.29, 0.717) is 13.2 Å². The molecule has 1 fully saturated rings. The third kappa shape index (κ3) is 10.1. The first-order chi connectivity index (χ1) is 13.9. The fourth-order valence-electron chi connectivity index (χ4n) is 2.49. The Morgan fingerprint density at radius 3 is 2.07 bits per heavy atom. The van der Waals surface area contributed by atoms with E-state index in [1.165, 1.54) is 5.56 Å². The summed E-state index contributed by atoms with van der Waals surface area (Å²) in [6.45, 7) is 18.0. The summed E-state index contributed by atoms with van der Waals surface area (Å²) in [4.78, 5) is 22.1. The molecule has 164 valence electrons. The molecule has 0 aromatic heterocycles. The van der Waals surface area contributed by atoms with Crippen molar-refractivity contribution in [2.24, 2.45) is 5.73 Å². The zero-order chi connectivity index (χ0) is 22.9. The summed E-state index contributed by atoms with van der Waals surface area (Å²) >= 11 is 0. The Bertz CT molecular complexity index is 636. The van der Waals surface area contributed by atoms with Gasteiger partial charge in [-0.25, -0.2) is 4.79 Å². The molecule has 1 aromatic rings. The quantitative estimate of drug-likeness (QED) is 0.685. The van der Waals surface area contributed by atoms with Gasteiger partial charge in [-0.2, -0.15) is 0 Å². The van der Waals surface area contributed by atoms with Crippen LogP contribution in [0.3, 0.4) is 0 Å². The van der Waals surface area contributed by atoms with E-state index >= 15 is 0 Å². The highest BCUT2D eigenvalue weighted by Crippen LogP contribution is 2.20. The highest BCUT2D eigenvalue weighted by molar-refractivity contribution is 5.87. The van der Waals surface area contributed by atoms with Crippen molar-refractivity contribution < 1.29 is 19.4 Å². The molecule has 1 aliphatic heterocycles. The predicted octanol–water partition coefficient (Wildman–Crippen LogP) is 4.03. The lowest BCUT2D eigenvalue weighted by Gasteiger charge is -2.33.